The molecule has 0 aliphatic heterocycles. The van der Waals surface area contributed by atoms with E-state index in [1.165, 1.54) is 37.4 Å². The summed E-state index contributed by atoms with van der Waals surface area (Å²) in [7, 11) is -7.12. The molecule has 0 fully saturated rings. The van der Waals surface area contributed by atoms with Gasteiger partial charge >= 0.3 is 0 Å². The van der Waals surface area contributed by atoms with Crippen molar-refractivity contribution in [3.05, 3.63) is 42.0 Å². The lowest BCUT2D eigenvalue weighted by molar-refractivity contribution is 0.403. The monoisotopic (exact) mass is 356 g/mol. The van der Waals surface area contributed by atoms with Crippen LogP contribution >= 0.6 is 0 Å². The molecule has 0 amide bonds. The summed E-state index contributed by atoms with van der Waals surface area (Å²) in [6.07, 6.45) is 0. The number of aryl methyl sites for hydroxylation is 1. The number of hydrogen-bond acceptors (Lipinski definition) is 6. The lowest BCUT2D eigenvalue weighted by Crippen LogP contribution is -2.17. The Bertz CT molecular complexity index is 967. The van der Waals surface area contributed by atoms with Crippen LogP contribution in [0.5, 0.6) is 5.75 Å². The smallest absolute Gasteiger partial charge is 0.239 e. The summed E-state index contributed by atoms with van der Waals surface area (Å²) in [6, 6.07) is 7.97. The molecular weight excluding hydrogens is 340 g/mol. The van der Waals surface area contributed by atoms with Crippen molar-refractivity contribution in [3.63, 3.8) is 0 Å². The first-order valence-corrected chi connectivity index (χ1v) is 9.42. The molecule has 0 spiro atoms. The van der Waals surface area contributed by atoms with Gasteiger partial charge in [-0.1, -0.05) is 6.07 Å². The molecule has 4 N–H and O–H groups in total. The number of anilines is 1. The summed E-state index contributed by atoms with van der Waals surface area (Å²) >= 11 is 0. The number of sulfone groups is 1. The highest BCUT2D eigenvalue weighted by Crippen LogP contribution is 2.34. The van der Waals surface area contributed by atoms with Crippen molar-refractivity contribution >= 4 is 25.5 Å². The predicted molar refractivity (Wildman–Crippen MR) is 85.4 cm³/mol. The van der Waals surface area contributed by atoms with Crippen LogP contribution in [-0.2, 0) is 19.9 Å². The van der Waals surface area contributed by atoms with Crippen molar-refractivity contribution < 1.29 is 21.6 Å². The highest BCUT2D eigenvalue weighted by molar-refractivity contribution is 7.93. The Morgan fingerprint density at radius 1 is 0.913 bits per heavy atom. The predicted octanol–water partition coefficient (Wildman–Crippen LogP) is 1.07. The highest BCUT2D eigenvalue weighted by Gasteiger charge is 2.29. The number of nitrogens with two attached hydrogens (primary N) is 2. The van der Waals surface area contributed by atoms with E-state index in [-0.39, 0.29) is 16.3 Å². The summed E-state index contributed by atoms with van der Waals surface area (Å²) in [4.78, 5) is -1.12. The van der Waals surface area contributed by atoms with E-state index < -0.39 is 29.7 Å². The number of sulfonamides is 1. The lowest BCUT2D eigenvalue weighted by atomic mass is 10.2. The van der Waals surface area contributed by atoms with Gasteiger partial charge < -0.3 is 10.5 Å². The third-order valence-corrected chi connectivity index (χ3v) is 6.09. The van der Waals surface area contributed by atoms with Crippen molar-refractivity contribution in [2.24, 2.45) is 5.14 Å². The van der Waals surface area contributed by atoms with Gasteiger partial charge in [-0.3, -0.25) is 0 Å². The first kappa shape index (κ1) is 17.3. The molecule has 0 bridgehead atoms. The Hall–Kier alpha value is -2.10. The molecule has 0 unspecified atom stereocenters. The SMILES string of the molecule is COc1ccc(N)cc1S(=O)(=O)c1cc(C)ccc1S(N)(=O)=O. The number of methoxy groups -OCH3 is 1. The Morgan fingerprint density at radius 2 is 1.57 bits per heavy atom. The molecule has 0 heterocycles. The van der Waals surface area contributed by atoms with Crippen molar-refractivity contribution in [1.82, 2.24) is 0 Å². The van der Waals surface area contributed by atoms with Gasteiger partial charge in [-0.15, -0.1) is 0 Å². The fourth-order valence-electron chi connectivity index (χ4n) is 2.08. The Balaban J connectivity index is 2.86. The summed E-state index contributed by atoms with van der Waals surface area (Å²) in [5.41, 5.74) is 6.42. The average molecular weight is 356 g/mol. The minimum Gasteiger partial charge on any atom is -0.495 e. The lowest BCUT2D eigenvalue weighted by Gasteiger charge is -2.13. The molecule has 2 aromatic rings. The van der Waals surface area contributed by atoms with E-state index >= 15 is 0 Å². The molecule has 0 saturated carbocycles. The normalized spacial score (nSPS) is 12.1. The van der Waals surface area contributed by atoms with Gasteiger partial charge in [-0.25, -0.2) is 22.0 Å². The third kappa shape index (κ3) is 3.31. The van der Waals surface area contributed by atoms with Crippen molar-refractivity contribution in [3.8, 4) is 5.75 Å². The third-order valence-electron chi connectivity index (χ3n) is 3.17. The summed E-state index contributed by atoms with van der Waals surface area (Å²) in [5, 5.41) is 5.13. The van der Waals surface area contributed by atoms with Crippen molar-refractivity contribution in [1.29, 1.82) is 0 Å². The zero-order chi connectivity index (χ0) is 17.4. The maximum absolute atomic E-state index is 12.9. The Morgan fingerprint density at radius 3 is 2.13 bits per heavy atom. The maximum Gasteiger partial charge on any atom is 0.239 e. The minimum absolute atomic E-state index is 0.0566. The molecule has 23 heavy (non-hydrogen) atoms. The van der Waals surface area contributed by atoms with E-state index in [2.05, 4.69) is 0 Å². The quantitative estimate of drug-likeness (QED) is 0.788. The van der Waals surface area contributed by atoms with Crippen LogP contribution in [0.15, 0.2) is 51.1 Å². The zero-order valence-electron chi connectivity index (χ0n) is 12.5. The Kier molecular flexibility index (Phi) is 4.38. The van der Waals surface area contributed by atoms with Gasteiger partial charge in [0.25, 0.3) is 0 Å². The molecule has 0 aliphatic rings. The second-order valence-electron chi connectivity index (χ2n) is 4.91. The number of primary sulfonamides is 1. The zero-order valence-corrected chi connectivity index (χ0v) is 14.1. The van der Waals surface area contributed by atoms with Gasteiger partial charge in [-0.2, -0.15) is 0 Å². The largest absolute Gasteiger partial charge is 0.495 e. The molecule has 124 valence electrons. The van der Waals surface area contributed by atoms with Gasteiger partial charge in [0.15, 0.2) is 0 Å². The van der Waals surface area contributed by atoms with Crippen LogP contribution in [0.1, 0.15) is 5.56 Å². The van der Waals surface area contributed by atoms with Crippen LogP contribution in [-0.4, -0.2) is 23.9 Å². The van der Waals surface area contributed by atoms with E-state index in [0.29, 0.717) is 5.56 Å². The second-order valence-corrected chi connectivity index (χ2v) is 8.33. The van der Waals surface area contributed by atoms with Gasteiger partial charge in [0, 0.05) is 5.69 Å². The van der Waals surface area contributed by atoms with Gasteiger partial charge in [0.05, 0.1) is 12.0 Å². The number of nitrogen functional groups attached to an aromatic ring is 1. The molecular formula is C14H16N2O5S2. The molecule has 7 nitrogen and oxygen atoms in total. The first-order valence-electron chi connectivity index (χ1n) is 6.39. The molecule has 0 atom stereocenters. The van der Waals surface area contributed by atoms with E-state index in [4.69, 9.17) is 15.6 Å². The van der Waals surface area contributed by atoms with Crippen LogP contribution in [0.25, 0.3) is 0 Å². The van der Waals surface area contributed by atoms with Crippen LogP contribution in [0.3, 0.4) is 0 Å². The highest BCUT2D eigenvalue weighted by atomic mass is 32.2. The van der Waals surface area contributed by atoms with Gasteiger partial charge in [-0.05, 0) is 42.8 Å². The standard InChI is InChI=1S/C14H16N2O5S2/c1-9-3-6-12(23(16,19)20)14(7-9)22(17,18)13-8-10(15)4-5-11(13)21-2/h3-8H,15H2,1-2H3,(H2,16,19,20). The summed E-state index contributed by atoms with van der Waals surface area (Å²) < 4.78 is 54.4. The van der Waals surface area contributed by atoms with Gasteiger partial charge in [0.2, 0.25) is 19.9 Å². The second kappa shape index (κ2) is 5.84. The topological polar surface area (TPSA) is 130 Å². The average Bonchev–Trinajstić information content (AvgIpc) is 2.45. The van der Waals surface area contributed by atoms with Gasteiger partial charge in [0.1, 0.15) is 15.5 Å². The summed E-state index contributed by atoms with van der Waals surface area (Å²) in [5.74, 6) is 0.0566. The van der Waals surface area contributed by atoms with E-state index in [1.807, 2.05) is 0 Å². The fourth-order valence-corrected chi connectivity index (χ4v) is 4.98. The molecule has 9 heteroatoms. The molecule has 2 aromatic carbocycles. The van der Waals surface area contributed by atoms with Crippen LogP contribution in [0.4, 0.5) is 5.69 Å². The number of hydrogen-bond donors (Lipinski definition) is 2. The molecule has 0 radical (unpaired) electrons. The van der Waals surface area contributed by atoms with E-state index in [1.54, 1.807) is 6.92 Å². The molecule has 0 aliphatic carbocycles. The molecule has 0 saturated heterocycles. The van der Waals surface area contributed by atoms with E-state index in [9.17, 15) is 16.8 Å². The summed E-state index contributed by atoms with van der Waals surface area (Å²) in [6.45, 7) is 1.64. The fraction of sp³-hybridized carbons (Fsp3) is 0.143. The number of rotatable bonds is 4. The van der Waals surface area contributed by atoms with Crippen LogP contribution < -0.4 is 15.6 Å². The number of benzene rings is 2. The van der Waals surface area contributed by atoms with E-state index in [0.717, 1.165) is 6.07 Å². The minimum atomic E-state index is -4.22. The van der Waals surface area contributed by atoms with Crippen LogP contribution in [0.2, 0.25) is 0 Å². The maximum atomic E-state index is 12.9. The van der Waals surface area contributed by atoms with Crippen LogP contribution in [0, 0.1) is 6.92 Å². The molecule has 0 aromatic heterocycles. The molecule has 2 rings (SSSR count). The van der Waals surface area contributed by atoms with Crippen molar-refractivity contribution in [2.45, 2.75) is 21.6 Å². The number of ether oxygens (including phenoxy) is 1. The van der Waals surface area contributed by atoms with Crippen molar-refractivity contribution in [2.75, 3.05) is 12.8 Å². The Labute approximate surface area is 134 Å². The first-order chi connectivity index (χ1) is 10.6.